The van der Waals surface area contributed by atoms with Crippen LogP contribution in [-0.2, 0) is 0 Å². The van der Waals surface area contributed by atoms with Gasteiger partial charge in [0.15, 0.2) is 0 Å². The number of aliphatic hydroxyl groups excluding tert-OH is 3. The van der Waals surface area contributed by atoms with Gasteiger partial charge in [0.05, 0.1) is 6.61 Å². The van der Waals surface area contributed by atoms with Crippen molar-refractivity contribution in [3.8, 4) is 12.3 Å². The summed E-state index contributed by atoms with van der Waals surface area (Å²) in [6.45, 7) is -0.509. The number of terminal acetylenes is 1. The topological polar surface area (TPSA) is 60.7 Å². The summed E-state index contributed by atoms with van der Waals surface area (Å²) in [4.78, 5) is 0. The van der Waals surface area contributed by atoms with Gasteiger partial charge in [-0.2, -0.15) is 0 Å². The molecule has 0 aromatic heterocycles. The maximum atomic E-state index is 8.48. The van der Waals surface area contributed by atoms with Crippen LogP contribution in [0.5, 0.6) is 0 Å². The molecule has 0 aromatic carbocycles. The molecule has 0 aromatic rings. The first-order valence-corrected chi connectivity index (χ1v) is 2.15. The lowest BCUT2D eigenvalue weighted by Gasteiger charge is -2.07. The molecule has 0 radical (unpaired) electrons. The molecule has 0 aliphatic heterocycles. The highest BCUT2D eigenvalue weighted by Crippen LogP contribution is 1.87. The lowest BCUT2D eigenvalue weighted by molar-refractivity contribution is 0.0139. The van der Waals surface area contributed by atoms with E-state index in [0.717, 1.165) is 0 Å². The van der Waals surface area contributed by atoms with Gasteiger partial charge in [-0.1, -0.05) is 5.92 Å². The van der Waals surface area contributed by atoms with Crippen LogP contribution in [0.4, 0.5) is 0 Å². The highest BCUT2D eigenvalue weighted by molar-refractivity contribution is 4.96. The quantitative estimate of drug-likeness (QED) is 0.378. The fourth-order valence-electron chi connectivity index (χ4n) is 0.211. The molecule has 0 heterocycles. The largest absolute Gasteiger partial charge is 0.394 e. The SMILES string of the molecule is C#C[C@@H](O)[C@@H](O)CO. The average Bonchev–Trinajstić information content (AvgIpc) is 1.84. The molecule has 2 atom stereocenters. The van der Waals surface area contributed by atoms with Gasteiger partial charge in [-0.3, -0.25) is 0 Å². The van der Waals surface area contributed by atoms with Crippen LogP contribution in [-0.4, -0.2) is 34.1 Å². The van der Waals surface area contributed by atoms with Crippen molar-refractivity contribution < 1.29 is 15.3 Å². The molecule has 0 rings (SSSR count). The first-order chi connectivity index (χ1) is 3.72. The van der Waals surface area contributed by atoms with Crippen LogP contribution in [0.3, 0.4) is 0 Å². The van der Waals surface area contributed by atoms with Gasteiger partial charge in [0.25, 0.3) is 0 Å². The number of hydrogen-bond acceptors (Lipinski definition) is 3. The molecule has 0 saturated heterocycles. The summed E-state index contributed by atoms with van der Waals surface area (Å²) < 4.78 is 0. The minimum atomic E-state index is -1.25. The van der Waals surface area contributed by atoms with E-state index in [1.807, 2.05) is 5.92 Å². The lowest BCUT2D eigenvalue weighted by atomic mass is 10.2. The highest BCUT2D eigenvalue weighted by atomic mass is 16.4. The van der Waals surface area contributed by atoms with Gasteiger partial charge in [-0.25, -0.2) is 0 Å². The average molecular weight is 116 g/mol. The Bertz CT molecular complexity index is 94.3. The Morgan fingerprint density at radius 2 is 2.00 bits per heavy atom. The molecule has 0 aliphatic rings. The smallest absolute Gasteiger partial charge is 0.142 e. The van der Waals surface area contributed by atoms with E-state index in [2.05, 4.69) is 6.42 Å². The van der Waals surface area contributed by atoms with Crippen molar-refractivity contribution in [3.05, 3.63) is 0 Å². The highest BCUT2D eigenvalue weighted by Gasteiger charge is 2.09. The maximum Gasteiger partial charge on any atom is 0.142 e. The van der Waals surface area contributed by atoms with E-state index < -0.39 is 18.8 Å². The molecule has 0 bridgehead atoms. The zero-order valence-electron chi connectivity index (χ0n) is 4.28. The summed E-state index contributed by atoms with van der Waals surface area (Å²) >= 11 is 0. The van der Waals surface area contributed by atoms with Gasteiger partial charge in [0.2, 0.25) is 0 Å². The van der Waals surface area contributed by atoms with Crippen LogP contribution in [0, 0.1) is 12.3 Å². The normalized spacial score (nSPS) is 16.8. The van der Waals surface area contributed by atoms with Crippen molar-refractivity contribution in [3.63, 3.8) is 0 Å². The third kappa shape index (κ3) is 1.94. The molecule has 0 aliphatic carbocycles. The number of rotatable bonds is 2. The molecule has 0 spiro atoms. The molecule has 3 heteroatoms. The first-order valence-electron chi connectivity index (χ1n) is 2.15. The third-order valence-electron chi connectivity index (χ3n) is 0.722. The molecule has 46 valence electrons. The summed E-state index contributed by atoms with van der Waals surface area (Å²) in [6.07, 6.45) is 2.22. The first kappa shape index (κ1) is 7.44. The van der Waals surface area contributed by atoms with Crippen molar-refractivity contribution in [2.75, 3.05) is 6.61 Å². The standard InChI is InChI=1S/C5H8O3/c1-2-4(7)5(8)3-6/h1,4-8H,3H2/t4-,5+/m1/s1. The Kier molecular flexibility index (Phi) is 3.20. The van der Waals surface area contributed by atoms with Crippen LogP contribution in [0.25, 0.3) is 0 Å². The molecular weight excluding hydrogens is 108 g/mol. The minimum absolute atomic E-state index is 0.509. The van der Waals surface area contributed by atoms with Crippen LogP contribution in [0.1, 0.15) is 0 Å². The molecular formula is C5H8O3. The van der Waals surface area contributed by atoms with E-state index in [4.69, 9.17) is 15.3 Å². The predicted octanol–water partition coefficient (Wildman–Crippen LogP) is -1.67. The fraction of sp³-hybridized carbons (Fsp3) is 0.600. The third-order valence-corrected chi connectivity index (χ3v) is 0.722. The summed E-state index contributed by atoms with van der Waals surface area (Å²) in [5.74, 6) is 1.86. The van der Waals surface area contributed by atoms with E-state index in [-0.39, 0.29) is 0 Å². The molecule has 3 N–H and O–H groups in total. The van der Waals surface area contributed by atoms with Gasteiger partial charge in [-0.15, -0.1) is 6.42 Å². The maximum absolute atomic E-state index is 8.48. The zero-order valence-corrected chi connectivity index (χ0v) is 4.28. The second kappa shape index (κ2) is 3.44. The van der Waals surface area contributed by atoms with E-state index >= 15 is 0 Å². The number of aliphatic hydroxyl groups is 3. The summed E-state index contributed by atoms with van der Waals surface area (Å²) in [5, 5.41) is 25.1. The monoisotopic (exact) mass is 116 g/mol. The van der Waals surface area contributed by atoms with E-state index in [1.54, 1.807) is 0 Å². The second-order valence-electron chi connectivity index (χ2n) is 1.36. The fourth-order valence-corrected chi connectivity index (χ4v) is 0.211. The Morgan fingerprint density at radius 1 is 1.50 bits per heavy atom. The summed E-state index contributed by atoms with van der Waals surface area (Å²) in [5.41, 5.74) is 0. The Hall–Kier alpha value is -0.560. The van der Waals surface area contributed by atoms with Crippen LogP contribution >= 0.6 is 0 Å². The lowest BCUT2D eigenvalue weighted by Crippen LogP contribution is -2.27. The van der Waals surface area contributed by atoms with E-state index in [0.29, 0.717) is 0 Å². The van der Waals surface area contributed by atoms with Gasteiger partial charge in [0, 0.05) is 0 Å². The van der Waals surface area contributed by atoms with E-state index in [9.17, 15) is 0 Å². The predicted molar refractivity (Wildman–Crippen MR) is 27.9 cm³/mol. The van der Waals surface area contributed by atoms with Crippen molar-refractivity contribution in [2.45, 2.75) is 12.2 Å². The molecule has 8 heavy (non-hydrogen) atoms. The zero-order chi connectivity index (χ0) is 6.57. The molecule has 0 fully saturated rings. The van der Waals surface area contributed by atoms with Gasteiger partial charge >= 0.3 is 0 Å². The summed E-state index contributed by atoms with van der Waals surface area (Å²) in [7, 11) is 0. The van der Waals surface area contributed by atoms with Crippen LogP contribution in [0.2, 0.25) is 0 Å². The minimum Gasteiger partial charge on any atom is -0.394 e. The Balaban J connectivity index is 3.49. The molecule has 0 unspecified atom stereocenters. The van der Waals surface area contributed by atoms with Crippen molar-refractivity contribution in [2.24, 2.45) is 0 Å². The van der Waals surface area contributed by atoms with Crippen molar-refractivity contribution in [1.82, 2.24) is 0 Å². The van der Waals surface area contributed by atoms with Crippen LogP contribution in [0.15, 0.2) is 0 Å². The molecule has 3 nitrogen and oxygen atoms in total. The summed E-state index contributed by atoms with van der Waals surface area (Å²) in [6, 6.07) is 0. The van der Waals surface area contributed by atoms with Gasteiger partial charge in [-0.05, 0) is 0 Å². The molecule has 0 saturated carbocycles. The molecule has 0 amide bonds. The van der Waals surface area contributed by atoms with Crippen LogP contribution < -0.4 is 0 Å². The van der Waals surface area contributed by atoms with Crippen molar-refractivity contribution in [1.29, 1.82) is 0 Å². The van der Waals surface area contributed by atoms with E-state index in [1.165, 1.54) is 0 Å². The second-order valence-corrected chi connectivity index (χ2v) is 1.36. The Labute approximate surface area is 47.6 Å². The van der Waals surface area contributed by atoms with Crippen molar-refractivity contribution >= 4 is 0 Å². The Morgan fingerprint density at radius 3 is 2.12 bits per heavy atom. The number of hydrogen-bond donors (Lipinski definition) is 3. The van der Waals surface area contributed by atoms with Gasteiger partial charge in [0.1, 0.15) is 12.2 Å². The van der Waals surface area contributed by atoms with Gasteiger partial charge < -0.3 is 15.3 Å².